The zero-order valence-corrected chi connectivity index (χ0v) is 15.5. The van der Waals surface area contributed by atoms with Crippen LogP contribution in [0.2, 0.25) is 0 Å². The first-order chi connectivity index (χ1) is 12.5. The number of imide groups is 1. The van der Waals surface area contributed by atoms with E-state index < -0.39 is 0 Å². The molecule has 26 heavy (non-hydrogen) atoms. The van der Waals surface area contributed by atoms with Gasteiger partial charge in [-0.3, -0.25) is 19.3 Å². The Balaban J connectivity index is 1.49. The molecule has 0 spiro atoms. The Morgan fingerprint density at radius 1 is 1.27 bits per heavy atom. The predicted molar refractivity (Wildman–Crippen MR) is 94.1 cm³/mol. The van der Waals surface area contributed by atoms with E-state index in [0.717, 1.165) is 36.3 Å². The van der Waals surface area contributed by atoms with Crippen molar-refractivity contribution in [1.82, 2.24) is 10.2 Å². The number of carbonyl (C=O) groups excluding carboxylic acids is 3. The van der Waals surface area contributed by atoms with Crippen LogP contribution in [-0.2, 0) is 14.4 Å². The summed E-state index contributed by atoms with van der Waals surface area (Å²) in [6.45, 7) is 0.624. The first-order valence-electron chi connectivity index (χ1n) is 9.44. The molecule has 0 aromatic carbocycles. The molecule has 1 aliphatic heterocycles. The van der Waals surface area contributed by atoms with E-state index in [1.165, 1.54) is 4.90 Å². The minimum absolute atomic E-state index is 0.0202. The fourth-order valence-electron chi connectivity index (χ4n) is 4.05. The van der Waals surface area contributed by atoms with Crippen molar-refractivity contribution < 1.29 is 23.7 Å². The van der Waals surface area contributed by atoms with Crippen LogP contribution in [0, 0.1) is 11.8 Å². The highest BCUT2D eigenvalue weighted by molar-refractivity contribution is 6.05. The molecule has 3 rings (SSSR count). The molecule has 0 bridgehead atoms. The molecule has 1 saturated heterocycles. The number of hydrogen-bond acceptors (Lipinski definition) is 4. The van der Waals surface area contributed by atoms with E-state index in [-0.39, 0.29) is 48.6 Å². The number of nitrogens with one attached hydrogen (secondary N) is 2. The van der Waals surface area contributed by atoms with Gasteiger partial charge in [0.1, 0.15) is 0 Å². The molecule has 2 aliphatic rings. The summed E-state index contributed by atoms with van der Waals surface area (Å²) >= 11 is 0. The maximum Gasteiger partial charge on any atom is 0.233 e. The Hall–Kier alpha value is -2.15. The number of hydrogen-bond donors (Lipinski definition) is 2. The fraction of sp³-hybridized carbons (Fsp3) is 0.632. The second-order valence-corrected chi connectivity index (χ2v) is 7.52. The first-order valence-corrected chi connectivity index (χ1v) is 9.44. The Morgan fingerprint density at radius 3 is 2.46 bits per heavy atom. The van der Waals surface area contributed by atoms with Crippen LogP contribution >= 0.6 is 0 Å². The Bertz CT molecular complexity index is 632. The van der Waals surface area contributed by atoms with Crippen molar-refractivity contribution in [2.24, 2.45) is 11.8 Å². The van der Waals surface area contributed by atoms with Crippen LogP contribution in [0.5, 0.6) is 0 Å². The largest absolute Gasteiger partial charge is 0.463 e. The Kier molecular flexibility index (Phi) is 5.76. The molecule has 1 aromatic rings. The van der Waals surface area contributed by atoms with Crippen LogP contribution in [0.1, 0.15) is 43.9 Å². The maximum atomic E-state index is 12.4. The first kappa shape index (κ1) is 18.6. The summed E-state index contributed by atoms with van der Waals surface area (Å²) in [7, 11) is 4.01. The molecule has 3 atom stereocenters. The summed E-state index contributed by atoms with van der Waals surface area (Å²) in [5.74, 6) is 0.190. The maximum absolute atomic E-state index is 12.4. The van der Waals surface area contributed by atoms with Gasteiger partial charge in [-0.15, -0.1) is 0 Å². The summed E-state index contributed by atoms with van der Waals surface area (Å²) in [4.78, 5) is 39.5. The highest BCUT2D eigenvalue weighted by atomic mass is 16.3. The van der Waals surface area contributed by atoms with Crippen molar-refractivity contribution in [2.75, 3.05) is 27.2 Å². The van der Waals surface area contributed by atoms with Crippen molar-refractivity contribution in [2.45, 2.75) is 38.1 Å². The minimum atomic E-state index is -0.154. The minimum Gasteiger partial charge on any atom is -0.463 e. The summed E-state index contributed by atoms with van der Waals surface area (Å²) < 4.78 is 5.44. The van der Waals surface area contributed by atoms with E-state index in [0.29, 0.717) is 6.54 Å². The van der Waals surface area contributed by atoms with Crippen molar-refractivity contribution in [1.29, 1.82) is 0 Å². The van der Waals surface area contributed by atoms with Gasteiger partial charge in [-0.2, -0.15) is 0 Å². The van der Waals surface area contributed by atoms with E-state index in [9.17, 15) is 14.4 Å². The van der Waals surface area contributed by atoms with Gasteiger partial charge >= 0.3 is 0 Å². The number of rotatable bonds is 7. The standard InChI is InChI=1S/C19H27N3O4/c1-21(2)15(16-8-5-11-26-16)12-20-17(23)9-10-22-18(24)13-6-3-4-7-14(13)19(22)25/h5,8,11,13-15H,3-4,6-7,9-10,12H2,1-2H3,(H,20,23)/p+1/t13-,14+,15-/m0/s1. The highest BCUT2D eigenvalue weighted by Gasteiger charge is 2.47. The number of carbonyl (C=O) groups is 3. The van der Waals surface area contributed by atoms with Gasteiger partial charge in [0.15, 0.2) is 11.8 Å². The third-order valence-electron chi connectivity index (χ3n) is 5.58. The van der Waals surface area contributed by atoms with E-state index in [1.807, 2.05) is 26.2 Å². The number of furan rings is 1. The van der Waals surface area contributed by atoms with Crippen molar-refractivity contribution in [3.8, 4) is 0 Å². The second kappa shape index (κ2) is 8.03. The number of quaternary nitrogens is 1. The lowest BCUT2D eigenvalue weighted by molar-refractivity contribution is -0.891. The van der Waals surface area contributed by atoms with E-state index in [2.05, 4.69) is 5.32 Å². The van der Waals surface area contributed by atoms with Gasteiger partial charge in [0.25, 0.3) is 0 Å². The molecular formula is C19H28N3O4+. The Labute approximate surface area is 153 Å². The number of nitrogens with zero attached hydrogens (tertiary/aromatic N) is 1. The zero-order chi connectivity index (χ0) is 18.7. The van der Waals surface area contributed by atoms with Crippen molar-refractivity contribution >= 4 is 17.7 Å². The summed E-state index contributed by atoms with van der Waals surface area (Å²) in [6.07, 6.45) is 5.38. The topological polar surface area (TPSA) is 84.1 Å². The number of amides is 3. The van der Waals surface area contributed by atoms with Crippen LogP contribution in [-0.4, -0.2) is 49.8 Å². The number of fused-ring (bicyclic) bond motifs is 1. The molecule has 7 heteroatoms. The summed E-state index contributed by atoms with van der Waals surface area (Å²) in [5, 5.41) is 2.90. The molecule has 3 amide bonds. The Morgan fingerprint density at radius 2 is 1.92 bits per heavy atom. The smallest absolute Gasteiger partial charge is 0.233 e. The quantitative estimate of drug-likeness (QED) is 0.676. The SMILES string of the molecule is C[NH+](C)[C@@H](CNC(=O)CCN1C(=O)[C@H]2CCCC[C@H]2C1=O)c1ccco1. The molecule has 1 saturated carbocycles. The van der Waals surface area contributed by atoms with E-state index in [1.54, 1.807) is 6.26 Å². The van der Waals surface area contributed by atoms with Crippen LogP contribution in [0.15, 0.2) is 22.8 Å². The lowest BCUT2D eigenvalue weighted by Crippen LogP contribution is -3.07. The lowest BCUT2D eigenvalue weighted by atomic mass is 9.81. The van der Waals surface area contributed by atoms with Gasteiger partial charge in [0.05, 0.1) is 38.7 Å². The third-order valence-corrected chi connectivity index (χ3v) is 5.58. The molecule has 2 N–H and O–H groups in total. The normalized spacial score (nSPS) is 24.0. The van der Waals surface area contributed by atoms with E-state index >= 15 is 0 Å². The fourth-order valence-corrected chi connectivity index (χ4v) is 4.05. The van der Waals surface area contributed by atoms with Gasteiger partial charge in [-0.05, 0) is 25.0 Å². The molecule has 0 unspecified atom stereocenters. The average Bonchev–Trinajstić information content (AvgIpc) is 3.22. The molecule has 0 radical (unpaired) electrons. The van der Waals surface area contributed by atoms with E-state index in [4.69, 9.17) is 4.42 Å². The van der Waals surface area contributed by atoms with Gasteiger partial charge in [-0.1, -0.05) is 12.8 Å². The van der Waals surface area contributed by atoms with Crippen molar-refractivity contribution in [3.05, 3.63) is 24.2 Å². The van der Waals surface area contributed by atoms with Crippen LogP contribution in [0.3, 0.4) is 0 Å². The lowest BCUT2D eigenvalue weighted by Gasteiger charge is -2.20. The molecule has 1 aliphatic carbocycles. The highest BCUT2D eigenvalue weighted by Crippen LogP contribution is 2.37. The molecule has 1 aromatic heterocycles. The molecule has 7 nitrogen and oxygen atoms in total. The van der Waals surface area contributed by atoms with Gasteiger partial charge < -0.3 is 14.6 Å². The van der Waals surface area contributed by atoms with Crippen LogP contribution in [0.25, 0.3) is 0 Å². The predicted octanol–water partition coefficient (Wildman–Crippen LogP) is 0.147. The number of likely N-dealkylation sites (tertiary alicyclic amines) is 1. The average molecular weight is 362 g/mol. The monoisotopic (exact) mass is 362 g/mol. The van der Waals surface area contributed by atoms with Crippen LogP contribution < -0.4 is 10.2 Å². The van der Waals surface area contributed by atoms with Crippen LogP contribution in [0.4, 0.5) is 0 Å². The van der Waals surface area contributed by atoms with Gasteiger partial charge in [0, 0.05) is 13.0 Å². The second-order valence-electron chi connectivity index (χ2n) is 7.52. The van der Waals surface area contributed by atoms with Crippen molar-refractivity contribution in [3.63, 3.8) is 0 Å². The third kappa shape index (κ3) is 3.82. The molecule has 2 heterocycles. The molecule has 142 valence electrons. The molecule has 2 fully saturated rings. The summed E-state index contributed by atoms with van der Waals surface area (Å²) in [6, 6.07) is 3.75. The van der Waals surface area contributed by atoms with Gasteiger partial charge in [-0.25, -0.2) is 0 Å². The van der Waals surface area contributed by atoms with Gasteiger partial charge in [0.2, 0.25) is 17.7 Å². The molecular weight excluding hydrogens is 334 g/mol. The summed E-state index contributed by atoms with van der Waals surface area (Å²) in [5.41, 5.74) is 0. The number of likely N-dealkylation sites (N-methyl/N-ethyl adjacent to an activating group) is 1. The zero-order valence-electron chi connectivity index (χ0n) is 15.5.